The third-order valence-corrected chi connectivity index (χ3v) is 5.62. The summed E-state index contributed by atoms with van der Waals surface area (Å²) in [6.07, 6.45) is 0.863. The van der Waals surface area contributed by atoms with Crippen LogP contribution in [0.1, 0.15) is 36.9 Å². The van der Waals surface area contributed by atoms with Gasteiger partial charge in [-0.15, -0.1) is 0 Å². The summed E-state index contributed by atoms with van der Waals surface area (Å²) in [7, 11) is 4.80. The number of benzene rings is 2. The first-order chi connectivity index (χ1) is 16.0. The molecule has 8 nitrogen and oxygen atoms in total. The van der Waals surface area contributed by atoms with E-state index in [0.29, 0.717) is 26.0 Å². The molecule has 0 fully saturated rings. The van der Waals surface area contributed by atoms with E-state index in [2.05, 4.69) is 0 Å². The molecule has 0 saturated carbocycles. The van der Waals surface area contributed by atoms with Crippen molar-refractivity contribution in [3.05, 3.63) is 59.7 Å². The standard InChI is InChI=1S/C25H31N3O5/c1-5-24(29)27(13-14-31-2)17-25(30)28-23(18-9-11-20(32-3)12-10-18)16-22(26-28)19-7-6-8-21(15-19)33-4/h6-12,15,23H,5,13-14,16-17H2,1-4H3/t23-/m0/s1. The number of carbonyl (C=O) groups excluding carboxylic acids is 2. The molecule has 3 rings (SSSR count). The summed E-state index contributed by atoms with van der Waals surface area (Å²) in [5.41, 5.74) is 2.62. The molecule has 2 amide bonds. The van der Waals surface area contributed by atoms with Crippen LogP contribution in [0.25, 0.3) is 0 Å². The molecule has 0 saturated heterocycles. The molecule has 0 aliphatic carbocycles. The maximum atomic E-state index is 13.4. The van der Waals surface area contributed by atoms with Crippen molar-refractivity contribution in [3.63, 3.8) is 0 Å². The second kappa shape index (κ2) is 11.5. The van der Waals surface area contributed by atoms with Crippen LogP contribution >= 0.6 is 0 Å². The van der Waals surface area contributed by atoms with Crippen molar-refractivity contribution in [1.29, 1.82) is 0 Å². The third-order valence-electron chi connectivity index (χ3n) is 5.62. The first kappa shape index (κ1) is 24.3. The normalized spacial score (nSPS) is 15.2. The summed E-state index contributed by atoms with van der Waals surface area (Å²) in [4.78, 5) is 27.3. The zero-order valence-corrected chi connectivity index (χ0v) is 19.6. The zero-order valence-electron chi connectivity index (χ0n) is 19.6. The second-order valence-corrected chi connectivity index (χ2v) is 7.67. The lowest BCUT2D eigenvalue weighted by Crippen LogP contribution is -2.42. The van der Waals surface area contributed by atoms with E-state index >= 15 is 0 Å². The Morgan fingerprint density at radius 2 is 1.79 bits per heavy atom. The zero-order chi connectivity index (χ0) is 23.8. The van der Waals surface area contributed by atoms with Gasteiger partial charge in [0.25, 0.3) is 5.91 Å². The Labute approximate surface area is 194 Å². The van der Waals surface area contributed by atoms with Crippen LogP contribution in [0.5, 0.6) is 11.5 Å². The van der Waals surface area contributed by atoms with Gasteiger partial charge in [-0.05, 0) is 29.8 Å². The Balaban J connectivity index is 1.91. The maximum Gasteiger partial charge on any atom is 0.262 e. The summed E-state index contributed by atoms with van der Waals surface area (Å²) in [5.74, 6) is 1.12. The van der Waals surface area contributed by atoms with Crippen molar-refractivity contribution < 1.29 is 23.8 Å². The van der Waals surface area contributed by atoms with Crippen LogP contribution in [0.4, 0.5) is 0 Å². The van der Waals surface area contributed by atoms with E-state index in [1.165, 1.54) is 9.91 Å². The molecule has 176 valence electrons. The van der Waals surface area contributed by atoms with Crippen LogP contribution in [-0.2, 0) is 14.3 Å². The van der Waals surface area contributed by atoms with E-state index < -0.39 is 0 Å². The van der Waals surface area contributed by atoms with E-state index in [-0.39, 0.29) is 24.4 Å². The molecule has 1 atom stereocenters. The monoisotopic (exact) mass is 453 g/mol. The van der Waals surface area contributed by atoms with E-state index in [1.54, 1.807) is 28.3 Å². The Morgan fingerprint density at radius 3 is 2.42 bits per heavy atom. The van der Waals surface area contributed by atoms with Crippen LogP contribution in [0.3, 0.4) is 0 Å². The van der Waals surface area contributed by atoms with Crippen LogP contribution in [-0.4, -0.2) is 68.5 Å². The molecular formula is C25H31N3O5. The number of carbonyl (C=O) groups is 2. The molecule has 0 N–H and O–H groups in total. The average molecular weight is 454 g/mol. The number of ether oxygens (including phenoxy) is 3. The van der Waals surface area contributed by atoms with Crippen LogP contribution < -0.4 is 9.47 Å². The number of hydrogen-bond acceptors (Lipinski definition) is 6. The van der Waals surface area contributed by atoms with E-state index in [9.17, 15) is 9.59 Å². The molecule has 0 radical (unpaired) electrons. The van der Waals surface area contributed by atoms with Gasteiger partial charge in [0.15, 0.2) is 0 Å². The second-order valence-electron chi connectivity index (χ2n) is 7.67. The quantitative estimate of drug-likeness (QED) is 0.552. The van der Waals surface area contributed by atoms with Crippen LogP contribution in [0, 0.1) is 0 Å². The molecule has 0 aromatic heterocycles. The van der Waals surface area contributed by atoms with Gasteiger partial charge in [0, 0.05) is 32.1 Å². The molecule has 8 heteroatoms. The summed E-state index contributed by atoms with van der Waals surface area (Å²) >= 11 is 0. The average Bonchev–Trinajstić information content (AvgIpc) is 3.31. The van der Waals surface area contributed by atoms with Gasteiger partial charge in [0.1, 0.15) is 18.0 Å². The molecule has 1 heterocycles. The van der Waals surface area contributed by atoms with Gasteiger partial charge >= 0.3 is 0 Å². The lowest BCUT2D eigenvalue weighted by atomic mass is 9.98. The van der Waals surface area contributed by atoms with Crippen molar-refractivity contribution in [3.8, 4) is 11.5 Å². The molecule has 2 aromatic carbocycles. The predicted octanol–water partition coefficient (Wildman–Crippen LogP) is 3.27. The van der Waals surface area contributed by atoms with E-state index in [0.717, 1.165) is 28.3 Å². The number of hydrogen-bond donors (Lipinski definition) is 0. The molecular weight excluding hydrogens is 422 g/mol. The number of nitrogens with zero attached hydrogens (tertiary/aromatic N) is 3. The lowest BCUT2D eigenvalue weighted by molar-refractivity contribution is -0.141. The van der Waals surface area contributed by atoms with Crippen molar-refractivity contribution in [2.45, 2.75) is 25.8 Å². The summed E-state index contributed by atoms with van der Waals surface area (Å²) in [6.45, 7) is 2.43. The Hall–Kier alpha value is -3.39. The summed E-state index contributed by atoms with van der Waals surface area (Å²) in [6, 6.07) is 14.9. The smallest absolute Gasteiger partial charge is 0.262 e. The summed E-state index contributed by atoms with van der Waals surface area (Å²) in [5, 5.41) is 6.20. The van der Waals surface area contributed by atoms with Gasteiger partial charge in [-0.1, -0.05) is 31.2 Å². The van der Waals surface area contributed by atoms with Crippen molar-refractivity contribution in [1.82, 2.24) is 9.91 Å². The van der Waals surface area contributed by atoms with Crippen molar-refractivity contribution in [2.75, 3.05) is 41.0 Å². The van der Waals surface area contributed by atoms with Gasteiger partial charge in [-0.25, -0.2) is 5.01 Å². The minimum atomic E-state index is -0.286. The van der Waals surface area contributed by atoms with Gasteiger partial charge in [0.05, 0.1) is 32.6 Å². The largest absolute Gasteiger partial charge is 0.497 e. The Kier molecular flexibility index (Phi) is 8.43. The highest BCUT2D eigenvalue weighted by atomic mass is 16.5. The highest BCUT2D eigenvalue weighted by Gasteiger charge is 2.34. The third kappa shape index (κ3) is 5.90. The van der Waals surface area contributed by atoms with E-state index in [1.807, 2.05) is 48.5 Å². The van der Waals surface area contributed by atoms with Crippen molar-refractivity contribution in [2.24, 2.45) is 5.10 Å². The van der Waals surface area contributed by atoms with Gasteiger partial charge in [-0.3, -0.25) is 9.59 Å². The summed E-state index contributed by atoms with van der Waals surface area (Å²) < 4.78 is 15.7. The first-order valence-electron chi connectivity index (χ1n) is 10.9. The molecule has 1 aliphatic heterocycles. The number of rotatable bonds is 10. The number of methoxy groups -OCH3 is 3. The lowest BCUT2D eigenvalue weighted by Gasteiger charge is -2.26. The highest BCUT2D eigenvalue weighted by Crippen LogP contribution is 2.34. The first-order valence-corrected chi connectivity index (χ1v) is 10.9. The Bertz CT molecular complexity index is 990. The fourth-order valence-electron chi connectivity index (χ4n) is 3.76. The van der Waals surface area contributed by atoms with Gasteiger partial charge < -0.3 is 19.1 Å². The van der Waals surface area contributed by atoms with E-state index in [4.69, 9.17) is 19.3 Å². The van der Waals surface area contributed by atoms with Crippen molar-refractivity contribution >= 4 is 17.5 Å². The minimum Gasteiger partial charge on any atom is -0.497 e. The maximum absolute atomic E-state index is 13.4. The topological polar surface area (TPSA) is 80.7 Å². The van der Waals surface area contributed by atoms with Crippen LogP contribution in [0.2, 0.25) is 0 Å². The number of hydrazone groups is 1. The fourth-order valence-corrected chi connectivity index (χ4v) is 3.76. The van der Waals surface area contributed by atoms with Gasteiger partial charge in [0.2, 0.25) is 5.91 Å². The number of amides is 2. The van der Waals surface area contributed by atoms with Crippen LogP contribution in [0.15, 0.2) is 53.6 Å². The Morgan fingerprint density at radius 1 is 1.06 bits per heavy atom. The molecule has 33 heavy (non-hydrogen) atoms. The molecule has 0 bridgehead atoms. The molecule has 1 aliphatic rings. The minimum absolute atomic E-state index is 0.0580. The molecule has 0 unspecified atom stereocenters. The molecule has 0 spiro atoms. The SMILES string of the molecule is CCC(=O)N(CCOC)CC(=O)N1N=C(c2cccc(OC)c2)C[C@H]1c1ccc(OC)cc1. The highest BCUT2D eigenvalue weighted by molar-refractivity contribution is 6.03. The predicted molar refractivity (Wildman–Crippen MR) is 125 cm³/mol. The van der Waals surface area contributed by atoms with Gasteiger partial charge in [-0.2, -0.15) is 5.10 Å². The molecule has 2 aromatic rings. The fraction of sp³-hybridized carbons (Fsp3) is 0.400.